The van der Waals surface area contributed by atoms with Gasteiger partial charge in [0.1, 0.15) is 5.75 Å². The number of methoxy groups -OCH3 is 1. The topological polar surface area (TPSA) is 64.6 Å². The van der Waals surface area contributed by atoms with Gasteiger partial charge in [0.15, 0.2) is 6.61 Å². The van der Waals surface area contributed by atoms with E-state index in [0.29, 0.717) is 17.0 Å². The van der Waals surface area contributed by atoms with Crippen LogP contribution in [0.2, 0.25) is 0 Å². The van der Waals surface area contributed by atoms with Crippen molar-refractivity contribution in [1.82, 2.24) is 0 Å². The third kappa shape index (κ3) is 4.14. The number of rotatable bonds is 5. The van der Waals surface area contributed by atoms with Crippen LogP contribution in [-0.2, 0) is 9.53 Å². The summed E-state index contributed by atoms with van der Waals surface area (Å²) >= 11 is 0. The maximum Gasteiger partial charge on any atom is 0.338 e. The van der Waals surface area contributed by atoms with Gasteiger partial charge in [-0.05, 0) is 41.1 Å². The molecule has 0 radical (unpaired) electrons. The maximum absolute atomic E-state index is 12.0. The molecule has 0 aromatic heterocycles. The quantitative estimate of drug-likeness (QED) is 0.723. The standard InChI is InChI=1S/C20H17NO4/c1-24-18-8-4-7-16(12-18)20(23)25-13-19(22)21-17-10-9-14-5-2-3-6-15(14)11-17/h2-12H,13H2,1H3,(H,21,22). The Hall–Kier alpha value is -3.34. The number of nitrogens with one attached hydrogen (secondary N) is 1. The molecule has 3 aromatic carbocycles. The highest BCUT2D eigenvalue weighted by atomic mass is 16.5. The first-order valence-corrected chi connectivity index (χ1v) is 7.75. The van der Waals surface area contributed by atoms with Crippen LogP contribution in [0.5, 0.6) is 5.75 Å². The molecule has 0 aliphatic heterocycles. The fraction of sp³-hybridized carbons (Fsp3) is 0.100. The van der Waals surface area contributed by atoms with E-state index < -0.39 is 11.9 Å². The Morgan fingerprint density at radius 2 is 1.72 bits per heavy atom. The maximum atomic E-state index is 12.0. The molecule has 0 heterocycles. The largest absolute Gasteiger partial charge is 0.497 e. The van der Waals surface area contributed by atoms with Crippen molar-refractivity contribution in [1.29, 1.82) is 0 Å². The lowest BCUT2D eigenvalue weighted by Crippen LogP contribution is -2.20. The number of hydrogen-bond acceptors (Lipinski definition) is 4. The zero-order chi connectivity index (χ0) is 17.6. The number of hydrogen-bond donors (Lipinski definition) is 1. The van der Waals surface area contributed by atoms with Gasteiger partial charge >= 0.3 is 5.97 Å². The van der Waals surface area contributed by atoms with Crippen molar-refractivity contribution < 1.29 is 19.1 Å². The van der Waals surface area contributed by atoms with Crippen molar-refractivity contribution in [3.63, 3.8) is 0 Å². The molecule has 126 valence electrons. The monoisotopic (exact) mass is 335 g/mol. The molecule has 0 fully saturated rings. The molecule has 5 heteroatoms. The van der Waals surface area contributed by atoms with Gasteiger partial charge in [-0.25, -0.2) is 4.79 Å². The summed E-state index contributed by atoms with van der Waals surface area (Å²) in [6, 6.07) is 20.0. The van der Waals surface area contributed by atoms with Gasteiger partial charge in [-0.1, -0.05) is 36.4 Å². The Kier molecular flexibility index (Phi) is 4.95. The molecule has 0 aliphatic rings. The molecule has 3 rings (SSSR count). The molecular formula is C20H17NO4. The van der Waals surface area contributed by atoms with E-state index in [-0.39, 0.29) is 6.61 Å². The van der Waals surface area contributed by atoms with Crippen LogP contribution in [0.25, 0.3) is 10.8 Å². The number of benzene rings is 3. The van der Waals surface area contributed by atoms with Crippen molar-refractivity contribution in [2.75, 3.05) is 19.0 Å². The highest BCUT2D eigenvalue weighted by Crippen LogP contribution is 2.19. The van der Waals surface area contributed by atoms with Gasteiger partial charge in [0.2, 0.25) is 0 Å². The van der Waals surface area contributed by atoms with Crippen LogP contribution in [0.15, 0.2) is 66.7 Å². The normalized spacial score (nSPS) is 10.3. The minimum Gasteiger partial charge on any atom is -0.497 e. The minimum absolute atomic E-state index is 0.331. The van der Waals surface area contributed by atoms with Crippen molar-refractivity contribution >= 4 is 28.3 Å². The Labute approximate surface area is 145 Å². The van der Waals surface area contributed by atoms with E-state index in [4.69, 9.17) is 9.47 Å². The predicted octanol–water partition coefficient (Wildman–Crippen LogP) is 3.64. The average Bonchev–Trinajstić information content (AvgIpc) is 2.66. The number of carbonyl (C=O) groups is 2. The molecule has 0 aliphatic carbocycles. The highest BCUT2D eigenvalue weighted by Gasteiger charge is 2.11. The summed E-state index contributed by atoms with van der Waals surface area (Å²) in [5.41, 5.74) is 0.985. The van der Waals surface area contributed by atoms with Crippen molar-refractivity contribution in [3.8, 4) is 5.75 Å². The lowest BCUT2D eigenvalue weighted by Gasteiger charge is -2.08. The Morgan fingerprint density at radius 1 is 0.920 bits per heavy atom. The van der Waals surface area contributed by atoms with E-state index in [1.54, 1.807) is 24.3 Å². The van der Waals surface area contributed by atoms with Gasteiger partial charge in [0, 0.05) is 5.69 Å². The average molecular weight is 335 g/mol. The van der Waals surface area contributed by atoms with E-state index in [0.717, 1.165) is 10.8 Å². The van der Waals surface area contributed by atoms with Gasteiger partial charge in [-0.15, -0.1) is 0 Å². The van der Waals surface area contributed by atoms with Crippen LogP contribution >= 0.6 is 0 Å². The molecule has 0 bridgehead atoms. The van der Waals surface area contributed by atoms with E-state index in [2.05, 4.69) is 5.32 Å². The Bertz CT molecular complexity index is 920. The number of fused-ring (bicyclic) bond motifs is 1. The summed E-state index contributed by atoms with van der Waals surface area (Å²) < 4.78 is 10.1. The summed E-state index contributed by atoms with van der Waals surface area (Å²) in [6.07, 6.45) is 0. The molecule has 3 aromatic rings. The van der Waals surface area contributed by atoms with Crippen LogP contribution in [0, 0.1) is 0 Å². The van der Waals surface area contributed by atoms with Gasteiger partial charge in [-0.3, -0.25) is 4.79 Å². The smallest absolute Gasteiger partial charge is 0.338 e. The van der Waals surface area contributed by atoms with Crippen molar-refractivity contribution in [2.24, 2.45) is 0 Å². The van der Waals surface area contributed by atoms with Crippen LogP contribution in [0.3, 0.4) is 0 Å². The molecule has 0 saturated heterocycles. The Morgan fingerprint density at radius 3 is 2.52 bits per heavy atom. The third-order valence-corrected chi connectivity index (χ3v) is 3.67. The molecule has 0 atom stereocenters. The molecule has 1 N–H and O–H groups in total. The fourth-order valence-electron chi connectivity index (χ4n) is 2.43. The van der Waals surface area contributed by atoms with Crippen LogP contribution in [-0.4, -0.2) is 25.6 Å². The number of ether oxygens (including phenoxy) is 2. The molecule has 5 nitrogen and oxygen atoms in total. The van der Waals surface area contributed by atoms with Crippen molar-refractivity contribution in [3.05, 3.63) is 72.3 Å². The number of anilines is 1. The van der Waals surface area contributed by atoms with Gasteiger partial charge in [-0.2, -0.15) is 0 Å². The van der Waals surface area contributed by atoms with Gasteiger partial charge in [0.05, 0.1) is 12.7 Å². The molecule has 0 unspecified atom stereocenters. The Balaban J connectivity index is 1.59. The summed E-state index contributed by atoms with van der Waals surface area (Å²) in [7, 11) is 1.52. The van der Waals surface area contributed by atoms with Crippen LogP contribution < -0.4 is 10.1 Å². The molecule has 1 amide bonds. The molecule has 25 heavy (non-hydrogen) atoms. The summed E-state index contributed by atoms with van der Waals surface area (Å²) in [5.74, 6) is -0.422. The second-order valence-corrected chi connectivity index (χ2v) is 5.42. The number of amides is 1. The number of esters is 1. The zero-order valence-corrected chi connectivity index (χ0v) is 13.7. The summed E-state index contributed by atoms with van der Waals surface area (Å²) in [6.45, 7) is -0.358. The lowest BCUT2D eigenvalue weighted by molar-refractivity contribution is -0.119. The zero-order valence-electron chi connectivity index (χ0n) is 13.7. The van der Waals surface area contributed by atoms with E-state index >= 15 is 0 Å². The first-order valence-electron chi connectivity index (χ1n) is 7.75. The van der Waals surface area contributed by atoms with Crippen molar-refractivity contribution in [2.45, 2.75) is 0 Å². The van der Waals surface area contributed by atoms with Gasteiger partial charge < -0.3 is 14.8 Å². The van der Waals surface area contributed by atoms with E-state index in [9.17, 15) is 9.59 Å². The second kappa shape index (κ2) is 7.49. The molecule has 0 saturated carbocycles. The second-order valence-electron chi connectivity index (χ2n) is 5.42. The summed E-state index contributed by atoms with van der Waals surface area (Å²) in [5, 5.41) is 4.83. The van der Waals surface area contributed by atoms with E-state index in [1.807, 2.05) is 42.5 Å². The first-order chi connectivity index (χ1) is 12.2. The SMILES string of the molecule is COc1cccc(C(=O)OCC(=O)Nc2ccc3ccccc3c2)c1. The fourth-order valence-corrected chi connectivity index (χ4v) is 2.43. The number of carbonyl (C=O) groups excluding carboxylic acids is 2. The van der Waals surface area contributed by atoms with Crippen LogP contribution in [0.4, 0.5) is 5.69 Å². The molecule has 0 spiro atoms. The molecular weight excluding hydrogens is 318 g/mol. The summed E-state index contributed by atoms with van der Waals surface area (Å²) in [4.78, 5) is 24.0. The lowest BCUT2D eigenvalue weighted by atomic mass is 10.1. The minimum atomic E-state index is -0.576. The highest BCUT2D eigenvalue weighted by molar-refractivity contribution is 5.97. The van der Waals surface area contributed by atoms with Crippen LogP contribution in [0.1, 0.15) is 10.4 Å². The predicted molar refractivity (Wildman–Crippen MR) is 95.9 cm³/mol. The first kappa shape index (κ1) is 16.5. The van der Waals surface area contributed by atoms with Gasteiger partial charge in [0.25, 0.3) is 5.91 Å². The van der Waals surface area contributed by atoms with E-state index in [1.165, 1.54) is 7.11 Å². The third-order valence-electron chi connectivity index (χ3n) is 3.67.